The third-order valence-corrected chi connectivity index (χ3v) is 14.9. The van der Waals surface area contributed by atoms with Crippen LogP contribution < -0.4 is 0 Å². The molecule has 0 saturated carbocycles. The van der Waals surface area contributed by atoms with Crippen LogP contribution in [0.15, 0.2) is 0 Å². The number of rotatable bonds is 26. The number of hydrogen-bond acceptors (Lipinski definition) is 10. The van der Waals surface area contributed by atoms with Gasteiger partial charge in [-0.1, -0.05) is 0 Å². The summed E-state index contributed by atoms with van der Waals surface area (Å²) in [5, 5.41) is 23.9. The minimum atomic E-state index is -2.48. The molecular weight excluding hydrogens is 610 g/mol. The molecule has 0 amide bonds. The van der Waals surface area contributed by atoms with Crippen molar-refractivity contribution in [3.05, 3.63) is 0 Å². The summed E-state index contributed by atoms with van der Waals surface area (Å²) in [7, 11) is 6.46. The molecule has 11 heteroatoms. The van der Waals surface area contributed by atoms with E-state index in [2.05, 4.69) is 27.7 Å². The van der Waals surface area contributed by atoms with Crippen molar-refractivity contribution in [3.63, 3.8) is 0 Å². The molecule has 0 aliphatic rings. The Bertz CT molecular complexity index is 484. The SMILES string of the molecule is COCCOCC(O)(CC(C)C)[CH](OCCOC)[Ba][CH](OCCOC)C(O)(COCCOC)CC(C)C. The molecule has 4 unspecified atom stereocenters. The van der Waals surface area contributed by atoms with E-state index in [1.165, 1.54) is 0 Å². The average Bonchev–Trinajstić information content (AvgIpc) is 2.82. The summed E-state index contributed by atoms with van der Waals surface area (Å²) in [6.45, 7) is 11.6. The molecule has 0 aromatic carbocycles. The first-order valence-electron chi connectivity index (χ1n) is 13.4. The van der Waals surface area contributed by atoms with Crippen molar-refractivity contribution >= 4 is 44.2 Å². The molecule has 220 valence electrons. The van der Waals surface area contributed by atoms with Crippen molar-refractivity contribution in [2.45, 2.75) is 52.9 Å². The van der Waals surface area contributed by atoms with Crippen molar-refractivity contribution < 1.29 is 48.1 Å². The molecule has 0 spiro atoms. The summed E-state index contributed by atoms with van der Waals surface area (Å²) >= 11 is -2.48. The second-order valence-electron chi connectivity index (χ2n) is 10.4. The zero-order valence-electron chi connectivity index (χ0n) is 24.7. The molecule has 0 fully saturated rings. The summed E-state index contributed by atoms with van der Waals surface area (Å²) < 4.78 is 44.0. The number of methoxy groups -OCH3 is 4. The fourth-order valence-corrected chi connectivity index (χ4v) is 12.1. The normalized spacial score (nSPS) is 17.0. The molecule has 0 heterocycles. The van der Waals surface area contributed by atoms with E-state index in [-0.39, 0.29) is 25.0 Å². The van der Waals surface area contributed by atoms with E-state index in [9.17, 15) is 10.2 Å². The van der Waals surface area contributed by atoms with Gasteiger partial charge in [-0.15, -0.1) is 0 Å². The molecule has 2 N–H and O–H groups in total. The molecule has 0 rings (SSSR count). The summed E-state index contributed by atoms with van der Waals surface area (Å²) in [5.41, 5.74) is -2.45. The summed E-state index contributed by atoms with van der Waals surface area (Å²) in [5.74, 6) is 0.412. The van der Waals surface area contributed by atoms with Gasteiger partial charge < -0.3 is 0 Å². The fraction of sp³-hybridized carbons (Fsp3) is 1.00. The Kier molecular flexibility index (Phi) is 23.5. The minimum absolute atomic E-state index is 0.115. The Morgan fingerprint density at radius 3 is 1.16 bits per heavy atom. The van der Waals surface area contributed by atoms with Crippen LogP contribution in [-0.2, 0) is 37.9 Å². The van der Waals surface area contributed by atoms with Crippen LogP contribution >= 0.6 is 0 Å². The van der Waals surface area contributed by atoms with Crippen LogP contribution in [0.5, 0.6) is 0 Å². The summed E-state index contributed by atoms with van der Waals surface area (Å²) in [6.07, 6.45) is 0.991. The van der Waals surface area contributed by atoms with Crippen molar-refractivity contribution in [1.82, 2.24) is 0 Å². The first kappa shape index (κ1) is 38.2. The van der Waals surface area contributed by atoms with Crippen LogP contribution in [0.3, 0.4) is 0 Å². The van der Waals surface area contributed by atoms with Gasteiger partial charge in [0.15, 0.2) is 0 Å². The van der Waals surface area contributed by atoms with Gasteiger partial charge in [0, 0.05) is 0 Å². The van der Waals surface area contributed by atoms with Gasteiger partial charge in [0.05, 0.1) is 0 Å². The number of hydrogen-bond donors (Lipinski definition) is 2. The maximum atomic E-state index is 12.0. The predicted octanol–water partition coefficient (Wildman–Crippen LogP) is 1.55. The molecule has 0 radical (unpaired) electrons. The van der Waals surface area contributed by atoms with Gasteiger partial charge in [0.1, 0.15) is 0 Å². The Morgan fingerprint density at radius 1 is 0.541 bits per heavy atom. The molecule has 0 aliphatic carbocycles. The van der Waals surface area contributed by atoms with Crippen LogP contribution in [0.1, 0.15) is 40.5 Å². The van der Waals surface area contributed by atoms with Gasteiger partial charge in [-0.25, -0.2) is 0 Å². The zero-order chi connectivity index (χ0) is 28.2. The van der Waals surface area contributed by atoms with Crippen LogP contribution in [0.25, 0.3) is 0 Å². The van der Waals surface area contributed by atoms with Crippen molar-refractivity contribution in [2.75, 3.05) is 94.5 Å². The molecule has 0 aromatic rings. The predicted molar refractivity (Wildman–Crippen MR) is 143 cm³/mol. The van der Waals surface area contributed by atoms with Gasteiger partial charge in [0.2, 0.25) is 0 Å². The van der Waals surface area contributed by atoms with E-state index >= 15 is 0 Å². The molecular formula is C26H54BaO10. The van der Waals surface area contributed by atoms with Crippen LogP contribution in [0.2, 0.25) is 0 Å². The molecule has 0 bridgehead atoms. The molecule has 37 heavy (non-hydrogen) atoms. The Hall–Kier alpha value is 1.17. The topological polar surface area (TPSA) is 114 Å². The van der Waals surface area contributed by atoms with E-state index in [1.807, 2.05) is 0 Å². The second kappa shape index (κ2) is 22.8. The molecule has 0 saturated heterocycles. The maximum absolute atomic E-state index is 12.0. The molecule has 0 aliphatic heterocycles. The van der Waals surface area contributed by atoms with Gasteiger partial charge in [-0.05, 0) is 0 Å². The first-order valence-corrected chi connectivity index (χ1v) is 18.5. The Morgan fingerprint density at radius 2 is 0.865 bits per heavy atom. The average molecular weight is 664 g/mol. The molecule has 10 nitrogen and oxygen atoms in total. The van der Waals surface area contributed by atoms with E-state index in [0.29, 0.717) is 65.7 Å². The molecule has 0 aromatic heterocycles. The first-order chi connectivity index (χ1) is 17.6. The molecule has 4 atom stereocenters. The van der Waals surface area contributed by atoms with E-state index < -0.39 is 56.5 Å². The third-order valence-electron chi connectivity index (χ3n) is 5.93. The van der Waals surface area contributed by atoms with Crippen LogP contribution in [0, 0.1) is 11.8 Å². The monoisotopic (exact) mass is 664 g/mol. The third kappa shape index (κ3) is 17.6. The number of ether oxygens (including phenoxy) is 8. The van der Waals surface area contributed by atoms with Gasteiger partial charge >= 0.3 is 252 Å². The van der Waals surface area contributed by atoms with Crippen molar-refractivity contribution in [1.29, 1.82) is 0 Å². The van der Waals surface area contributed by atoms with Crippen molar-refractivity contribution in [2.24, 2.45) is 11.8 Å². The quantitative estimate of drug-likeness (QED) is 0.104. The van der Waals surface area contributed by atoms with Crippen molar-refractivity contribution in [3.8, 4) is 0 Å². The van der Waals surface area contributed by atoms with Crippen LogP contribution in [0.4, 0.5) is 0 Å². The van der Waals surface area contributed by atoms with E-state index in [1.54, 1.807) is 28.4 Å². The van der Waals surface area contributed by atoms with Crippen LogP contribution in [-0.4, -0.2) is 161 Å². The standard InChI is InChI=1S/2C13H27O5.Ba/c2*1-12(2)9-13(14,10-17-7-5-15-3)11-18-8-6-16-4;/h2*10,12,14H,5-9,11H2,1-4H3;. The zero-order valence-corrected chi connectivity index (χ0v) is 29.1. The van der Waals surface area contributed by atoms with Gasteiger partial charge in [0.25, 0.3) is 0 Å². The fourth-order valence-electron chi connectivity index (χ4n) is 4.39. The van der Waals surface area contributed by atoms with E-state index in [0.717, 1.165) is 0 Å². The van der Waals surface area contributed by atoms with E-state index in [4.69, 9.17) is 37.9 Å². The Balaban J connectivity index is 6.12. The Labute approximate surface area is 249 Å². The van der Waals surface area contributed by atoms with Gasteiger partial charge in [-0.2, -0.15) is 0 Å². The van der Waals surface area contributed by atoms with Gasteiger partial charge in [-0.3, -0.25) is 0 Å². The second-order valence-corrected chi connectivity index (χ2v) is 16.6. The summed E-state index contributed by atoms with van der Waals surface area (Å²) in [4.78, 5) is 0. The number of aliphatic hydroxyl groups is 2. The summed E-state index contributed by atoms with van der Waals surface area (Å²) in [6, 6.07) is 0.